The van der Waals surface area contributed by atoms with E-state index in [2.05, 4.69) is 275 Å². The summed E-state index contributed by atoms with van der Waals surface area (Å²) in [4.78, 5) is 2.42. The number of aromatic nitrogens is 2. The fraction of sp³-hybridized carbons (Fsp3) is 0. The Morgan fingerprint density at radius 1 is 0.239 bits per heavy atom. The third-order valence-corrected chi connectivity index (χ3v) is 13.5. The standard InChI is InChI=1S/C64H43N3/c1-3-15-44(16-4-1)45-27-29-46(30-28-45)47-31-36-51(37-32-47)65(62-41-42-63(56-20-8-7-19-55(56)62)67-60-25-13-10-21-53(60)54-22-11-14-26-61(54)67)52-38-33-48(34-39-52)49-35-40-58-57-23-9-12-24-59(57)66(64(58)43-49)50-17-5-2-6-18-50/h1-43H. The molecular weight excluding hydrogens is 811 g/mol. The SMILES string of the molecule is c1ccc(-c2ccc(-c3ccc(N(c4ccc(-c5ccc6c7ccccc7n(-c7ccccc7)c6c5)cc4)c4ccc(-n5c6ccccc6c6ccccc65)c5ccccc45)cc3)cc2)cc1. The molecule has 0 atom stereocenters. The number of anilines is 3. The predicted molar refractivity (Wildman–Crippen MR) is 284 cm³/mol. The molecule has 0 spiro atoms. The molecule has 0 radical (unpaired) electrons. The average Bonchev–Trinajstić information content (AvgIpc) is 3.92. The van der Waals surface area contributed by atoms with E-state index in [4.69, 9.17) is 0 Å². The van der Waals surface area contributed by atoms with Gasteiger partial charge in [-0.3, -0.25) is 0 Å². The topological polar surface area (TPSA) is 13.1 Å². The summed E-state index contributed by atoms with van der Waals surface area (Å²) in [5.41, 5.74) is 17.5. The van der Waals surface area contributed by atoms with Crippen LogP contribution in [0.15, 0.2) is 261 Å². The lowest BCUT2D eigenvalue weighted by Gasteiger charge is -2.28. The lowest BCUT2D eigenvalue weighted by Crippen LogP contribution is -2.11. The van der Waals surface area contributed by atoms with Crippen molar-refractivity contribution < 1.29 is 0 Å². The van der Waals surface area contributed by atoms with Crippen molar-refractivity contribution in [1.82, 2.24) is 9.13 Å². The van der Waals surface area contributed by atoms with Crippen molar-refractivity contribution in [3.8, 4) is 44.8 Å². The molecule has 314 valence electrons. The van der Waals surface area contributed by atoms with Gasteiger partial charge >= 0.3 is 0 Å². The molecule has 0 aliphatic heterocycles. The van der Waals surface area contributed by atoms with Gasteiger partial charge in [-0.25, -0.2) is 0 Å². The first-order valence-corrected chi connectivity index (χ1v) is 23.0. The fourth-order valence-electron chi connectivity index (χ4n) is 10.4. The maximum atomic E-state index is 2.43. The summed E-state index contributed by atoms with van der Waals surface area (Å²) in [6.07, 6.45) is 0. The van der Waals surface area contributed by atoms with Gasteiger partial charge in [0, 0.05) is 49.4 Å². The first-order valence-electron chi connectivity index (χ1n) is 23.0. The van der Waals surface area contributed by atoms with Gasteiger partial charge in [0.2, 0.25) is 0 Å². The zero-order valence-corrected chi connectivity index (χ0v) is 36.7. The molecule has 2 heterocycles. The van der Waals surface area contributed by atoms with Crippen LogP contribution < -0.4 is 4.90 Å². The van der Waals surface area contributed by atoms with Crippen LogP contribution in [-0.4, -0.2) is 9.13 Å². The van der Waals surface area contributed by atoms with E-state index in [-0.39, 0.29) is 0 Å². The minimum Gasteiger partial charge on any atom is -0.310 e. The quantitative estimate of drug-likeness (QED) is 0.148. The van der Waals surface area contributed by atoms with Crippen LogP contribution in [0, 0.1) is 0 Å². The smallest absolute Gasteiger partial charge is 0.0547 e. The number of fused-ring (bicyclic) bond motifs is 7. The Hall–Kier alpha value is -8.92. The molecule has 11 aromatic carbocycles. The number of para-hydroxylation sites is 4. The maximum Gasteiger partial charge on any atom is 0.0547 e. The summed E-state index contributed by atoms with van der Waals surface area (Å²) in [6, 6.07) is 94.9. The van der Waals surface area contributed by atoms with Crippen molar-refractivity contribution in [3.63, 3.8) is 0 Å². The first-order chi connectivity index (χ1) is 33.2. The van der Waals surface area contributed by atoms with E-state index in [0.717, 1.165) is 34.0 Å². The van der Waals surface area contributed by atoms with Crippen molar-refractivity contribution in [2.45, 2.75) is 0 Å². The van der Waals surface area contributed by atoms with Crippen molar-refractivity contribution >= 4 is 71.4 Å². The van der Waals surface area contributed by atoms with E-state index >= 15 is 0 Å². The number of hydrogen-bond acceptors (Lipinski definition) is 1. The van der Waals surface area contributed by atoms with Gasteiger partial charge in [-0.15, -0.1) is 0 Å². The molecule has 3 heteroatoms. The molecule has 0 amide bonds. The summed E-state index contributed by atoms with van der Waals surface area (Å²) in [6.45, 7) is 0. The highest BCUT2D eigenvalue weighted by atomic mass is 15.1. The van der Waals surface area contributed by atoms with Crippen molar-refractivity contribution in [2.75, 3.05) is 4.90 Å². The molecule has 0 fully saturated rings. The van der Waals surface area contributed by atoms with Gasteiger partial charge in [-0.05, 0) is 106 Å². The minimum absolute atomic E-state index is 1.08. The average molecular weight is 854 g/mol. The van der Waals surface area contributed by atoms with E-state index in [1.165, 1.54) is 82.2 Å². The zero-order valence-electron chi connectivity index (χ0n) is 36.7. The Kier molecular flexibility index (Phi) is 9.17. The third kappa shape index (κ3) is 6.51. The van der Waals surface area contributed by atoms with E-state index < -0.39 is 0 Å². The molecule has 0 saturated carbocycles. The minimum atomic E-state index is 1.08. The number of rotatable bonds is 8. The molecule has 67 heavy (non-hydrogen) atoms. The van der Waals surface area contributed by atoms with Crippen LogP contribution in [0.2, 0.25) is 0 Å². The highest BCUT2D eigenvalue weighted by Crippen LogP contribution is 2.44. The van der Waals surface area contributed by atoms with Gasteiger partial charge < -0.3 is 14.0 Å². The molecule has 13 aromatic rings. The van der Waals surface area contributed by atoms with Crippen molar-refractivity contribution in [1.29, 1.82) is 0 Å². The Balaban J connectivity index is 0.943. The highest BCUT2D eigenvalue weighted by Gasteiger charge is 2.21. The Bertz CT molecular complexity index is 3880. The van der Waals surface area contributed by atoms with Crippen LogP contribution in [0.5, 0.6) is 0 Å². The Morgan fingerprint density at radius 3 is 1.18 bits per heavy atom. The number of nitrogens with zero attached hydrogens (tertiary/aromatic N) is 3. The lowest BCUT2D eigenvalue weighted by atomic mass is 9.99. The molecule has 3 nitrogen and oxygen atoms in total. The molecule has 0 aliphatic carbocycles. The van der Waals surface area contributed by atoms with Crippen LogP contribution in [0.3, 0.4) is 0 Å². The summed E-state index contributed by atoms with van der Waals surface area (Å²) in [5, 5.41) is 7.37. The molecule has 2 aromatic heterocycles. The monoisotopic (exact) mass is 853 g/mol. The molecule has 0 bridgehead atoms. The lowest BCUT2D eigenvalue weighted by molar-refractivity contribution is 1.18. The molecule has 0 aliphatic rings. The molecule has 13 rings (SSSR count). The second-order valence-corrected chi connectivity index (χ2v) is 17.3. The van der Waals surface area contributed by atoms with Crippen molar-refractivity contribution in [3.05, 3.63) is 261 Å². The highest BCUT2D eigenvalue weighted by molar-refractivity contribution is 6.12. The Labute approximate surface area is 389 Å². The summed E-state index contributed by atoms with van der Waals surface area (Å²) in [7, 11) is 0. The van der Waals surface area contributed by atoms with E-state index in [0.29, 0.717) is 0 Å². The first kappa shape index (κ1) is 38.5. The van der Waals surface area contributed by atoms with Crippen molar-refractivity contribution in [2.24, 2.45) is 0 Å². The second-order valence-electron chi connectivity index (χ2n) is 17.3. The van der Waals surface area contributed by atoms with Gasteiger partial charge in [0.25, 0.3) is 0 Å². The predicted octanol–water partition coefficient (Wildman–Crippen LogP) is 17.5. The molecular formula is C64H43N3. The maximum absolute atomic E-state index is 2.43. The van der Waals surface area contributed by atoms with Crippen LogP contribution in [-0.2, 0) is 0 Å². The summed E-state index contributed by atoms with van der Waals surface area (Å²) < 4.78 is 4.82. The number of benzene rings is 11. The fourth-order valence-corrected chi connectivity index (χ4v) is 10.4. The van der Waals surface area contributed by atoms with E-state index in [9.17, 15) is 0 Å². The molecule has 0 N–H and O–H groups in total. The Morgan fingerprint density at radius 2 is 0.627 bits per heavy atom. The zero-order chi connectivity index (χ0) is 44.3. The van der Waals surface area contributed by atoms with Crippen LogP contribution >= 0.6 is 0 Å². The number of hydrogen-bond donors (Lipinski definition) is 0. The van der Waals surface area contributed by atoms with Crippen LogP contribution in [0.1, 0.15) is 0 Å². The van der Waals surface area contributed by atoms with Gasteiger partial charge in [0.15, 0.2) is 0 Å². The summed E-state index contributed by atoms with van der Waals surface area (Å²) in [5.74, 6) is 0. The largest absolute Gasteiger partial charge is 0.310 e. The summed E-state index contributed by atoms with van der Waals surface area (Å²) >= 11 is 0. The van der Waals surface area contributed by atoms with Gasteiger partial charge in [-0.1, -0.05) is 188 Å². The second kappa shape index (κ2) is 16.0. The third-order valence-electron chi connectivity index (χ3n) is 13.5. The van der Waals surface area contributed by atoms with Crippen LogP contribution in [0.4, 0.5) is 17.1 Å². The van der Waals surface area contributed by atoms with Gasteiger partial charge in [-0.2, -0.15) is 0 Å². The van der Waals surface area contributed by atoms with E-state index in [1.807, 2.05) is 0 Å². The van der Waals surface area contributed by atoms with Gasteiger partial charge in [0.1, 0.15) is 0 Å². The molecule has 0 unspecified atom stereocenters. The van der Waals surface area contributed by atoms with E-state index in [1.54, 1.807) is 0 Å². The normalized spacial score (nSPS) is 11.6. The van der Waals surface area contributed by atoms with Gasteiger partial charge in [0.05, 0.1) is 33.4 Å². The molecule has 0 saturated heterocycles. The van der Waals surface area contributed by atoms with Crippen LogP contribution in [0.25, 0.3) is 99.1 Å².